The van der Waals surface area contributed by atoms with Crippen LogP contribution in [0.15, 0.2) is 45.1 Å². The number of nitrogens with two attached hydrogens (primary N) is 3. The van der Waals surface area contributed by atoms with Gasteiger partial charge in [-0.3, -0.25) is 0 Å². The summed E-state index contributed by atoms with van der Waals surface area (Å²) in [6.07, 6.45) is 2.85. The van der Waals surface area contributed by atoms with E-state index in [4.69, 9.17) is 52.0 Å². The fraction of sp³-hybridized carbons (Fsp3) is 0. The SMILES string of the molecule is Nc1cccc(Sc2ncc(Cl)nc2N)c1Cl.Nc1nc(Cl)cnc1Br. The van der Waals surface area contributed by atoms with Crippen molar-refractivity contribution in [3.8, 4) is 0 Å². The van der Waals surface area contributed by atoms with Crippen LogP contribution in [0.5, 0.6) is 0 Å². The van der Waals surface area contributed by atoms with Gasteiger partial charge in [0.05, 0.1) is 23.1 Å². The second kappa shape index (κ2) is 9.43. The van der Waals surface area contributed by atoms with E-state index in [1.54, 1.807) is 6.07 Å². The molecule has 0 atom stereocenters. The molecule has 0 bridgehead atoms. The van der Waals surface area contributed by atoms with Crippen LogP contribution >= 0.6 is 62.5 Å². The van der Waals surface area contributed by atoms with Gasteiger partial charge in [0.15, 0.2) is 11.6 Å². The third-order valence-corrected chi connectivity index (χ3v) is 5.23. The minimum atomic E-state index is 0.255. The summed E-state index contributed by atoms with van der Waals surface area (Å²) < 4.78 is 0.520. The minimum absolute atomic E-state index is 0.255. The molecule has 6 N–H and O–H groups in total. The monoisotopic (exact) mass is 493 g/mol. The van der Waals surface area contributed by atoms with Gasteiger partial charge < -0.3 is 17.2 Å². The fourth-order valence-electron chi connectivity index (χ4n) is 1.53. The Morgan fingerprint density at radius 1 is 0.885 bits per heavy atom. The van der Waals surface area contributed by atoms with E-state index in [2.05, 4.69) is 35.9 Å². The molecule has 26 heavy (non-hydrogen) atoms. The van der Waals surface area contributed by atoms with Crippen molar-refractivity contribution in [2.75, 3.05) is 17.2 Å². The molecule has 0 aliphatic rings. The number of hydrogen-bond acceptors (Lipinski definition) is 8. The molecule has 0 unspecified atom stereocenters. The van der Waals surface area contributed by atoms with Crippen LogP contribution in [0.25, 0.3) is 0 Å². The maximum absolute atomic E-state index is 6.07. The Morgan fingerprint density at radius 2 is 1.50 bits per heavy atom. The molecule has 1 aromatic carbocycles. The van der Waals surface area contributed by atoms with Crippen molar-refractivity contribution in [3.63, 3.8) is 0 Å². The van der Waals surface area contributed by atoms with Gasteiger partial charge in [-0.2, -0.15) is 0 Å². The summed E-state index contributed by atoms with van der Waals surface area (Å²) in [6, 6.07) is 5.37. The summed E-state index contributed by atoms with van der Waals surface area (Å²) in [7, 11) is 0. The minimum Gasteiger partial charge on any atom is -0.397 e. The molecule has 12 heteroatoms. The molecule has 0 radical (unpaired) electrons. The maximum atomic E-state index is 6.07. The molecule has 0 saturated carbocycles. The fourth-order valence-corrected chi connectivity index (χ4v) is 3.06. The Hall–Kier alpha value is -1.52. The van der Waals surface area contributed by atoms with Crippen molar-refractivity contribution in [2.24, 2.45) is 0 Å². The van der Waals surface area contributed by atoms with Crippen LogP contribution in [0.1, 0.15) is 0 Å². The van der Waals surface area contributed by atoms with E-state index in [-0.39, 0.29) is 11.0 Å². The number of anilines is 3. The van der Waals surface area contributed by atoms with E-state index in [1.165, 1.54) is 24.2 Å². The number of halogens is 4. The van der Waals surface area contributed by atoms with Crippen LogP contribution in [0.3, 0.4) is 0 Å². The number of benzene rings is 1. The molecule has 2 heterocycles. The van der Waals surface area contributed by atoms with Gasteiger partial charge in [0.1, 0.15) is 19.9 Å². The highest BCUT2D eigenvalue weighted by atomic mass is 79.9. The summed E-state index contributed by atoms with van der Waals surface area (Å²) in [5, 5.41) is 1.58. The average Bonchev–Trinajstić information content (AvgIpc) is 2.58. The van der Waals surface area contributed by atoms with Gasteiger partial charge in [0.25, 0.3) is 0 Å². The number of rotatable bonds is 2. The van der Waals surface area contributed by atoms with E-state index in [9.17, 15) is 0 Å². The van der Waals surface area contributed by atoms with Crippen LogP contribution < -0.4 is 17.2 Å². The predicted octanol–water partition coefficient (Wildman–Crippen LogP) is 4.57. The molecule has 0 aliphatic carbocycles. The molecule has 0 fully saturated rings. The molecule has 0 aliphatic heterocycles. The van der Waals surface area contributed by atoms with Gasteiger partial charge in [0, 0.05) is 4.90 Å². The van der Waals surface area contributed by atoms with Gasteiger partial charge in [-0.15, -0.1) is 0 Å². The number of nitrogens with zero attached hydrogens (tertiary/aromatic N) is 4. The van der Waals surface area contributed by atoms with Crippen molar-refractivity contribution in [2.45, 2.75) is 9.92 Å². The quantitative estimate of drug-likeness (QED) is 0.441. The first kappa shape index (κ1) is 20.8. The number of nitrogen functional groups attached to an aromatic ring is 3. The van der Waals surface area contributed by atoms with E-state index < -0.39 is 0 Å². The topological polar surface area (TPSA) is 130 Å². The van der Waals surface area contributed by atoms with Crippen molar-refractivity contribution >= 4 is 79.8 Å². The van der Waals surface area contributed by atoms with Crippen molar-refractivity contribution in [1.82, 2.24) is 19.9 Å². The number of aromatic nitrogens is 4. The highest BCUT2D eigenvalue weighted by molar-refractivity contribution is 9.10. The van der Waals surface area contributed by atoms with E-state index in [1.807, 2.05) is 12.1 Å². The van der Waals surface area contributed by atoms with Crippen LogP contribution in [0.4, 0.5) is 17.3 Å². The zero-order valence-corrected chi connectivity index (χ0v) is 17.5. The third-order valence-electron chi connectivity index (χ3n) is 2.66. The summed E-state index contributed by atoms with van der Waals surface area (Å²) in [5.74, 6) is 0.573. The zero-order valence-electron chi connectivity index (χ0n) is 12.8. The summed E-state index contributed by atoms with van der Waals surface area (Å²) in [6.45, 7) is 0. The molecular formula is C14H11BrCl3N7S. The first-order chi connectivity index (χ1) is 12.3. The van der Waals surface area contributed by atoms with Crippen LogP contribution in [0, 0.1) is 0 Å². The highest BCUT2D eigenvalue weighted by Gasteiger charge is 2.10. The zero-order chi connectivity index (χ0) is 19.3. The Bertz CT molecular complexity index is 929. The van der Waals surface area contributed by atoms with E-state index in [0.717, 1.165) is 4.90 Å². The van der Waals surface area contributed by atoms with Crippen molar-refractivity contribution in [1.29, 1.82) is 0 Å². The van der Waals surface area contributed by atoms with Gasteiger partial charge >= 0.3 is 0 Å². The molecule has 3 rings (SSSR count). The molecule has 3 aromatic rings. The molecule has 7 nitrogen and oxygen atoms in total. The molecule has 0 saturated heterocycles. The van der Waals surface area contributed by atoms with E-state index in [0.29, 0.717) is 31.3 Å². The Kier molecular flexibility index (Phi) is 7.54. The lowest BCUT2D eigenvalue weighted by Gasteiger charge is -2.06. The van der Waals surface area contributed by atoms with Gasteiger partial charge in [-0.25, -0.2) is 19.9 Å². The Labute approximate surface area is 176 Å². The molecule has 136 valence electrons. The summed E-state index contributed by atoms with van der Waals surface area (Å²) in [5.41, 5.74) is 17.2. The number of hydrogen-bond donors (Lipinski definition) is 3. The van der Waals surface area contributed by atoms with Crippen LogP contribution in [-0.4, -0.2) is 19.9 Å². The van der Waals surface area contributed by atoms with Crippen molar-refractivity contribution < 1.29 is 0 Å². The predicted molar refractivity (Wildman–Crippen MR) is 111 cm³/mol. The summed E-state index contributed by atoms with van der Waals surface area (Å²) >= 11 is 21.5. The molecule has 2 aromatic heterocycles. The normalized spacial score (nSPS) is 10.2. The van der Waals surface area contributed by atoms with Gasteiger partial charge in [0.2, 0.25) is 0 Å². The molecule has 0 amide bonds. The highest BCUT2D eigenvalue weighted by Crippen LogP contribution is 2.37. The van der Waals surface area contributed by atoms with Crippen molar-refractivity contribution in [3.05, 3.63) is 50.5 Å². The van der Waals surface area contributed by atoms with Gasteiger partial charge in [-0.05, 0) is 28.1 Å². The third kappa shape index (κ3) is 5.75. The lowest BCUT2D eigenvalue weighted by Crippen LogP contribution is -1.96. The lowest BCUT2D eigenvalue weighted by atomic mass is 10.3. The largest absolute Gasteiger partial charge is 0.397 e. The average molecular weight is 496 g/mol. The Balaban J connectivity index is 0.000000228. The van der Waals surface area contributed by atoms with Crippen LogP contribution in [-0.2, 0) is 0 Å². The second-order valence-corrected chi connectivity index (χ2v) is 7.45. The Morgan fingerprint density at radius 3 is 2.08 bits per heavy atom. The standard InChI is InChI=1S/C10H8Cl2N4S.C4H3BrClN3/c11-7-4-15-10(9(14)16-7)17-6-3-1-2-5(13)8(6)12;5-3-4(7)9-2(6)1-8-3/h1-4H,13H2,(H2,14,16);1H,(H2,7,9). The smallest absolute Gasteiger partial charge is 0.158 e. The second-order valence-electron chi connectivity index (χ2n) is 4.51. The van der Waals surface area contributed by atoms with Gasteiger partial charge in [-0.1, -0.05) is 52.6 Å². The van der Waals surface area contributed by atoms with E-state index >= 15 is 0 Å². The maximum Gasteiger partial charge on any atom is 0.158 e. The first-order valence-corrected chi connectivity index (χ1v) is 9.45. The molecular weight excluding hydrogens is 485 g/mol. The van der Waals surface area contributed by atoms with Crippen LogP contribution in [0.2, 0.25) is 15.3 Å². The summed E-state index contributed by atoms with van der Waals surface area (Å²) in [4.78, 5) is 16.3. The first-order valence-electron chi connectivity index (χ1n) is 6.71. The molecule has 0 spiro atoms. The lowest BCUT2D eigenvalue weighted by molar-refractivity contribution is 1.07.